The number of hydrogen-bond donors (Lipinski definition) is 1. The number of hydrogen-bond acceptors (Lipinski definition) is 5. The van der Waals surface area contributed by atoms with Gasteiger partial charge in [-0.15, -0.1) is 0 Å². The van der Waals surface area contributed by atoms with Gasteiger partial charge in [-0.2, -0.15) is 0 Å². The average molecular weight is 442 g/mol. The summed E-state index contributed by atoms with van der Waals surface area (Å²) in [6.45, 7) is 0. The van der Waals surface area contributed by atoms with Crippen molar-refractivity contribution in [1.82, 2.24) is 5.32 Å². The number of rotatable bonds is 5. The zero-order valence-electron chi connectivity index (χ0n) is 17.7. The van der Waals surface area contributed by atoms with Crippen LogP contribution in [0.2, 0.25) is 5.02 Å². The smallest absolute Gasteiger partial charge is 0.225 e. The van der Waals surface area contributed by atoms with Crippen LogP contribution in [0.4, 0.5) is 0 Å². The number of ether oxygens (including phenoxy) is 3. The minimum absolute atomic E-state index is 0.0184. The predicted molar refractivity (Wildman–Crippen MR) is 117 cm³/mol. The Labute approximate surface area is 186 Å². The Bertz CT molecular complexity index is 1050. The van der Waals surface area contributed by atoms with E-state index in [0.717, 1.165) is 11.1 Å². The van der Waals surface area contributed by atoms with Crippen molar-refractivity contribution in [3.05, 3.63) is 63.8 Å². The molecule has 7 heteroatoms. The first-order chi connectivity index (χ1) is 15.0. The molecule has 1 amide bonds. The van der Waals surface area contributed by atoms with Gasteiger partial charge in [0.05, 0.1) is 21.3 Å². The highest BCUT2D eigenvalue weighted by Crippen LogP contribution is 2.47. The maximum atomic E-state index is 13.3. The zero-order valence-corrected chi connectivity index (χ0v) is 18.4. The van der Waals surface area contributed by atoms with Gasteiger partial charge in [-0.3, -0.25) is 9.59 Å². The maximum absolute atomic E-state index is 13.3. The molecule has 1 aliphatic carbocycles. The van der Waals surface area contributed by atoms with Crippen LogP contribution in [0.1, 0.15) is 42.2 Å². The molecule has 0 radical (unpaired) electrons. The van der Waals surface area contributed by atoms with Gasteiger partial charge in [0.2, 0.25) is 11.7 Å². The van der Waals surface area contributed by atoms with Gasteiger partial charge in [-0.1, -0.05) is 29.8 Å². The molecule has 31 heavy (non-hydrogen) atoms. The van der Waals surface area contributed by atoms with Crippen molar-refractivity contribution in [2.75, 3.05) is 21.3 Å². The summed E-state index contributed by atoms with van der Waals surface area (Å²) in [6, 6.07) is 11.2. The van der Waals surface area contributed by atoms with Crippen LogP contribution in [-0.2, 0) is 9.59 Å². The average Bonchev–Trinajstić information content (AvgIpc) is 2.77. The molecule has 162 valence electrons. The summed E-state index contributed by atoms with van der Waals surface area (Å²) in [4.78, 5) is 25.9. The SMILES string of the molecule is COc1cc([C@H]2CC(=O)NC3=C2C(=O)C[C@@H](c2ccccc2Cl)C3)cc(OC)c1OC. The first kappa shape index (κ1) is 21.2. The van der Waals surface area contributed by atoms with Crippen LogP contribution in [-0.4, -0.2) is 33.0 Å². The molecule has 2 atom stereocenters. The Hall–Kier alpha value is -2.99. The van der Waals surface area contributed by atoms with Gasteiger partial charge in [0, 0.05) is 35.1 Å². The van der Waals surface area contributed by atoms with E-state index < -0.39 is 0 Å². The topological polar surface area (TPSA) is 73.9 Å². The van der Waals surface area contributed by atoms with Crippen LogP contribution in [0.3, 0.4) is 0 Å². The highest BCUT2D eigenvalue weighted by atomic mass is 35.5. The number of carbonyl (C=O) groups is 2. The third-order valence-corrected chi connectivity index (χ3v) is 6.31. The number of ketones is 1. The summed E-state index contributed by atoms with van der Waals surface area (Å²) in [6.07, 6.45) is 1.08. The zero-order chi connectivity index (χ0) is 22.1. The van der Waals surface area contributed by atoms with Crippen LogP contribution in [0.5, 0.6) is 17.2 Å². The largest absolute Gasteiger partial charge is 0.493 e. The molecule has 0 saturated carbocycles. The van der Waals surface area contributed by atoms with Crippen molar-refractivity contribution in [3.8, 4) is 17.2 Å². The number of allylic oxidation sites excluding steroid dienone is 2. The fourth-order valence-electron chi connectivity index (χ4n) is 4.57. The van der Waals surface area contributed by atoms with Gasteiger partial charge >= 0.3 is 0 Å². The maximum Gasteiger partial charge on any atom is 0.225 e. The molecule has 0 aromatic heterocycles. The van der Waals surface area contributed by atoms with Crippen LogP contribution in [0, 0.1) is 0 Å². The Morgan fingerprint density at radius 3 is 2.23 bits per heavy atom. The number of carbonyl (C=O) groups excluding carboxylic acids is 2. The van der Waals surface area contributed by atoms with Crippen molar-refractivity contribution in [2.45, 2.75) is 31.1 Å². The number of halogens is 1. The molecule has 6 nitrogen and oxygen atoms in total. The number of benzene rings is 2. The van der Waals surface area contributed by atoms with Crippen LogP contribution in [0.15, 0.2) is 47.7 Å². The summed E-state index contributed by atoms with van der Waals surface area (Å²) < 4.78 is 16.3. The van der Waals surface area contributed by atoms with Crippen molar-refractivity contribution in [1.29, 1.82) is 0 Å². The van der Waals surface area contributed by atoms with Gasteiger partial charge in [-0.25, -0.2) is 0 Å². The molecule has 0 saturated heterocycles. The second kappa shape index (κ2) is 8.63. The molecule has 2 aromatic carbocycles. The summed E-state index contributed by atoms with van der Waals surface area (Å²) in [7, 11) is 4.62. The van der Waals surface area contributed by atoms with Crippen molar-refractivity contribution < 1.29 is 23.8 Å². The fourth-order valence-corrected chi connectivity index (χ4v) is 4.86. The second-order valence-electron chi connectivity index (χ2n) is 7.71. The van der Waals surface area contributed by atoms with Gasteiger partial charge in [0.15, 0.2) is 17.3 Å². The normalized spacial score (nSPS) is 20.8. The molecule has 4 rings (SSSR count). The first-order valence-corrected chi connectivity index (χ1v) is 10.4. The van der Waals surface area contributed by atoms with Crippen LogP contribution >= 0.6 is 11.6 Å². The van der Waals surface area contributed by atoms with Gasteiger partial charge < -0.3 is 19.5 Å². The van der Waals surface area contributed by atoms with E-state index in [0.29, 0.717) is 46.4 Å². The van der Waals surface area contributed by atoms with Gasteiger partial charge in [0.1, 0.15) is 0 Å². The van der Waals surface area contributed by atoms with E-state index >= 15 is 0 Å². The standard InChI is InChI=1S/C24H24ClNO5/c1-29-20-10-14(11-21(30-2)24(20)31-3)16-12-22(28)26-18-8-13(9-19(27)23(16)18)15-6-4-5-7-17(15)25/h4-7,10-11,13,16H,8-9,12H2,1-3H3,(H,26,28)/t13-,16+/m0/s1. The third kappa shape index (κ3) is 3.88. The van der Waals surface area contributed by atoms with E-state index in [1.54, 1.807) is 14.2 Å². The lowest BCUT2D eigenvalue weighted by atomic mass is 9.73. The van der Waals surface area contributed by atoms with Crippen molar-refractivity contribution in [2.24, 2.45) is 0 Å². The molecular formula is C24H24ClNO5. The summed E-state index contributed by atoms with van der Waals surface area (Å²) >= 11 is 6.37. The number of amides is 1. The minimum atomic E-state index is -0.378. The Morgan fingerprint density at radius 1 is 0.935 bits per heavy atom. The number of nitrogens with one attached hydrogen (secondary N) is 1. The molecule has 0 fully saturated rings. The van der Waals surface area contributed by atoms with E-state index in [-0.39, 0.29) is 29.9 Å². The Morgan fingerprint density at radius 2 is 1.61 bits per heavy atom. The third-order valence-electron chi connectivity index (χ3n) is 5.97. The Balaban J connectivity index is 1.77. The quantitative estimate of drug-likeness (QED) is 0.745. The lowest BCUT2D eigenvalue weighted by Crippen LogP contribution is -2.38. The second-order valence-corrected chi connectivity index (χ2v) is 8.11. The lowest BCUT2D eigenvalue weighted by Gasteiger charge is -2.35. The molecule has 0 spiro atoms. The highest BCUT2D eigenvalue weighted by Gasteiger charge is 2.39. The summed E-state index contributed by atoms with van der Waals surface area (Å²) in [5.74, 6) is 0.896. The molecule has 2 aliphatic rings. The lowest BCUT2D eigenvalue weighted by molar-refractivity contribution is -0.122. The monoisotopic (exact) mass is 441 g/mol. The molecule has 1 N–H and O–H groups in total. The number of methoxy groups -OCH3 is 3. The van der Waals surface area contributed by atoms with E-state index in [2.05, 4.69) is 5.32 Å². The highest BCUT2D eigenvalue weighted by molar-refractivity contribution is 6.31. The fraction of sp³-hybridized carbons (Fsp3) is 0.333. The van der Waals surface area contributed by atoms with Crippen molar-refractivity contribution >= 4 is 23.3 Å². The van der Waals surface area contributed by atoms with E-state index in [9.17, 15) is 9.59 Å². The van der Waals surface area contributed by atoms with E-state index in [4.69, 9.17) is 25.8 Å². The Kier molecular flexibility index (Phi) is 5.92. The molecule has 0 unspecified atom stereocenters. The molecule has 1 aliphatic heterocycles. The predicted octanol–water partition coefficient (Wildman–Crippen LogP) is 4.37. The molecule has 0 bridgehead atoms. The van der Waals surface area contributed by atoms with Gasteiger partial charge in [0.25, 0.3) is 0 Å². The van der Waals surface area contributed by atoms with Crippen LogP contribution < -0.4 is 19.5 Å². The first-order valence-electron chi connectivity index (χ1n) is 10.1. The summed E-state index contributed by atoms with van der Waals surface area (Å²) in [5.41, 5.74) is 3.03. The van der Waals surface area contributed by atoms with Crippen LogP contribution in [0.25, 0.3) is 0 Å². The summed E-state index contributed by atoms with van der Waals surface area (Å²) in [5, 5.41) is 3.57. The molecule has 2 aromatic rings. The van der Waals surface area contributed by atoms with E-state index in [1.807, 2.05) is 36.4 Å². The minimum Gasteiger partial charge on any atom is -0.493 e. The van der Waals surface area contributed by atoms with E-state index in [1.165, 1.54) is 7.11 Å². The van der Waals surface area contributed by atoms with Crippen molar-refractivity contribution in [3.63, 3.8) is 0 Å². The molecule has 1 heterocycles. The van der Waals surface area contributed by atoms with Gasteiger partial charge in [-0.05, 0) is 41.7 Å². The number of Topliss-reactive ketones (excluding diaryl/α,β-unsaturated/α-hetero) is 1. The molecular weight excluding hydrogens is 418 g/mol.